The van der Waals surface area contributed by atoms with Gasteiger partial charge in [-0.3, -0.25) is 14.6 Å². The van der Waals surface area contributed by atoms with Gasteiger partial charge >= 0.3 is 0 Å². The zero-order chi connectivity index (χ0) is 15.4. The fourth-order valence-corrected chi connectivity index (χ4v) is 2.20. The molecule has 6 nitrogen and oxygen atoms in total. The molecule has 1 saturated carbocycles. The van der Waals surface area contributed by atoms with E-state index in [-0.39, 0.29) is 11.5 Å². The lowest BCUT2D eigenvalue weighted by molar-refractivity contribution is -0.121. The van der Waals surface area contributed by atoms with Gasteiger partial charge in [0.2, 0.25) is 5.91 Å². The zero-order valence-electron chi connectivity index (χ0n) is 12.2. The lowest BCUT2D eigenvalue weighted by atomic mass is 10.2. The summed E-state index contributed by atoms with van der Waals surface area (Å²) in [7, 11) is 0. The van der Waals surface area contributed by atoms with Crippen LogP contribution in [0.4, 0.5) is 0 Å². The van der Waals surface area contributed by atoms with Crippen molar-refractivity contribution in [3.8, 4) is 11.3 Å². The molecule has 2 heterocycles. The monoisotopic (exact) mass is 298 g/mol. The van der Waals surface area contributed by atoms with Crippen LogP contribution >= 0.6 is 0 Å². The number of pyridine rings is 1. The molecule has 114 valence electrons. The van der Waals surface area contributed by atoms with E-state index >= 15 is 0 Å². The number of nitrogens with zero attached hydrogens (tertiary/aromatic N) is 3. The van der Waals surface area contributed by atoms with Crippen molar-refractivity contribution >= 4 is 5.91 Å². The third kappa shape index (κ3) is 3.78. The van der Waals surface area contributed by atoms with Gasteiger partial charge in [0.05, 0.1) is 5.69 Å². The van der Waals surface area contributed by atoms with Gasteiger partial charge in [-0.25, -0.2) is 4.68 Å². The lowest BCUT2D eigenvalue weighted by Gasteiger charge is -2.07. The first-order valence-electron chi connectivity index (χ1n) is 7.50. The zero-order valence-corrected chi connectivity index (χ0v) is 12.2. The van der Waals surface area contributed by atoms with Crippen LogP contribution < -0.4 is 10.9 Å². The van der Waals surface area contributed by atoms with E-state index in [0.717, 1.165) is 24.1 Å². The maximum absolute atomic E-state index is 11.9. The first kappa shape index (κ1) is 14.4. The van der Waals surface area contributed by atoms with Crippen molar-refractivity contribution in [2.45, 2.75) is 38.3 Å². The second kappa shape index (κ2) is 6.51. The molecule has 22 heavy (non-hydrogen) atoms. The summed E-state index contributed by atoms with van der Waals surface area (Å²) < 4.78 is 1.42. The van der Waals surface area contributed by atoms with Crippen LogP contribution in [-0.4, -0.2) is 26.7 Å². The number of nitrogens with one attached hydrogen (secondary N) is 1. The van der Waals surface area contributed by atoms with E-state index in [4.69, 9.17) is 0 Å². The van der Waals surface area contributed by atoms with Crippen LogP contribution in [-0.2, 0) is 11.3 Å². The predicted octanol–water partition coefficient (Wildman–Crippen LogP) is 1.36. The first-order chi connectivity index (χ1) is 10.7. The minimum Gasteiger partial charge on any atom is -0.353 e. The van der Waals surface area contributed by atoms with E-state index < -0.39 is 0 Å². The van der Waals surface area contributed by atoms with Crippen LogP contribution in [0.5, 0.6) is 0 Å². The SMILES string of the molecule is O=C(CCCn1nc(-c2ccncc2)ccc1=O)NC1CC1. The third-order valence-corrected chi connectivity index (χ3v) is 3.56. The van der Waals surface area contributed by atoms with Crippen molar-refractivity contribution in [1.82, 2.24) is 20.1 Å². The summed E-state index contributed by atoms with van der Waals surface area (Å²) in [6.07, 6.45) is 6.57. The van der Waals surface area contributed by atoms with E-state index in [1.165, 1.54) is 10.7 Å². The largest absolute Gasteiger partial charge is 0.353 e. The fraction of sp³-hybridized carbons (Fsp3) is 0.375. The molecule has 3 rings (SSSR count). The van der Waals surface area contributed by atoms with Crippen molar-refractivity contribution in [2.24, 2.45) is 0 Å². The van der Waals surface area contributed by atoms with Crippen LogP contribution in [0.25, 0.3) is 11.3 Å². The number of carbonyl (C=O) groups is 1. The predicted molar refractivity (Wildman–Crippen MR) is 82.1 cm³/mol. The summed E-state index contributed by atoms with van der Waals surface area (Å²) in [5.41, 5.74) is 1.49. The van der Waals surface area contributed by atoms with Gasteiger partial charge in [-0.2, -0.15) is 5.10 Å². The van der Waals surface area contributed by atoms with E-state index in [2.05, 4.69) is 15.4 Å². The molecule has 0 aromatic carbocycles. The quantitative estimate of drug-likeness (QED) is 0.873. The molecular formula is C16H18N4O2. The normalized spacial score (nSPS) is 13.8. The summed E-state index contributed by atoms with van der Waals surface area (Å²) in [6.45, 7) is 0.440. The van der Waals surface area contributed by atoms with Crippen molar-refractivity contribution in [1.29, 1.82) is 0 Å². The van der Waals surface area contributed by atoms with Crippen LogP contribution in [0.1, 0.15) is 25.7 Å². The Kier molecular flexibility index (Phi) is 4.27. The van der Waals surface area contributed by atoms with Crippen molar-refractivity contribution < 1.29 is 4.79 Å². The second-order valence-corrected chi connectivity index (χ2v) is 5.46. The number of carbonyl (C=O) groups excluding carboxylic acids is 1. The van der Waals surface area contributed by atoms with Crippen LogP contribution in [0.15, 0.2) is 41.5 Å². The summed E-state index contributed by atoms with van der Waals surface area (Å²) in [5, 5.41) is 7.30. The Bertz CT molecular complexity index is 708. The molecule has 2 aromatic heterocycles. The molecule has 1 fully saturated rings. The average Bonchev–Trinajstić information content (AvgIpc) is 3.34. The van der Waals surface area contributed by atoms with Crippen molar-refractivity contribution in [3.05, 3.63) is 47.0 Å². The molecule has 1 N–H and O–H groups in total. The molecular weight excluding hydrogens is 280 g/mol. The third-order valence-electron chi connectivity index (χ3n) is 3.56. The molecule has 1 aliphatic carbocycles. The number of aromatic nitrogens is 3. The van der Waals surface area contributed by atoms with Gasteiger partial charge < -0.3 is 5.32 Å². The fourth-order valence-electron chi connectivity index (χ4n) is 2.20. The highest BCUT2D eigenvalue weighted by atomic mass is 16.1. The maximum Gasteiger partial charge on any atom is 0.266 e. The number of hydrogen-bond acceptors (Lipinski definition) is 4. The number of aryl methyl sites for hydroxylation is 1. The van der Waals surface area contributed by atoms with Gasteiger partial charge in [0.1, 0.15) is 0 Å². The highest BCUT2D eigenvalue weighted by Crippen LogP contribution is 2.18. The Morgan fingerprint density at radius 1 is 1.23 bits per heavy atom. The van der Waals surface area contributed by atoms with Gasteiger partial charge in [-0.1, -0.05) is 0 Å². The Balaban J connectivity index is 1.62. The molecule has 0 aliphatic heterocycles. The highest BCUT2D eigenvalue weighted by molar-refractivity contribution is 5.76. The van der Waals surface area contributed by atoms with Crippen molar-refractivity contribution in [2.75, 3.05) is 0 Å². The molecule has 6 heteroatoms. The number of hydrogen-bond donors (Lipinski definition) is 1. The van der Waals surface area contributed by atoms with Crippen molar-refractivity contribution in [3.63, 3.8) is 0 Å². The van der Waals surface area contributed by atoms with Gasteiger partial charge in [0.25, 0.3) is 5.56 Å². The second-order valence-electron chi connectivity index (χ2n) is 5.46. The van der Waals surface area contributed by atoms with E-state index in [0.29, 0.717) is 25.4 Å². The highest BCUT2D eigenvalue weighted by Gasteiger charge is 2.22. The molecule has 0 spiro atoms. The summed E-state index contributed by atoms with van der Waals surface area (Å²) in [5.74, 6) is 0.0563. The molecule has 0 saturated heterocycles. The Labute approximate surface area is 128 Å². The standard InChI is InChI=1S/C16H18N4O2/c21-15(18-13-3-4-13)2-1-11-20-16(22)6-5-14(19-20)12-7-9-17-10-8-12/h5-10,13H,1-4,11H2,(H,18,21). The smallest absolute Gasteiger partial charge is 0.266 e. The van der Waals surface area contributed by atoms with E-state index in [9.17, 15) is 9.59 Å². The van der Waals surface area contributed by atoms with E-state index in [1.807, 2.05) is 12.1 Å². The Morgan fingerprint density at radius 2 is 2.00 bits per heavy atom. The minimum absolute atomic E-state index is 0.0563. The summed E-state index contributed by atoms with van der Waals surface area (Å²) in [6, 6.07) is 7.28. The van der Waals surface area contributed by atoms with Crippen LogP contribution in [0, 0.1) is 0 Å². The van der Waals surface area contributed by atoms with Gasteiger partial charge in [-0.15, -0.1) is 0 Å². The average molecular weight is 298 g/mol. The topological polar surface area (TPSA) is 76.9 Å². The van der Waals surface area contributed by atoms with Gasteiger partial charge in [0, 0.05) is 43.0 Å². The first-order valence-corrected chi connectivity index (χ1v) is 7.50. The van der Waals surface area contributed by atoms with Crippen LogP contribution in [0.2, 0.25) is 0 Å². The minimum atomic E-state index is -0.152. The molecule has 0 radical (unpaired) electrons. The Hall–Kier alpha value is -2.50. The Morgan fingerprint density at radius 3 is 2.73 bits per heavy atom. The maximum atomic E-state index is 11.9. The molecule has 2 aromatic rings. The van der Waals surface area contributed by atoms with E-state index in [1.54, 1.807) is 18.5 Å². The molecule has 1 amide bonds. The summed E-state index contributed by atoms with van der Waals surface area (Å²) in [4.78, 5) is 27.5. The molecule has 0 atom stereocenters. The molecule has 0 bridgehead atoms. The summed E-state index contributed by atoms with van der Waals surface area (Å²) >= 11 is 0. The lowest BCUT2D eigenvalue weighted by Crippen LogP contribution is -2.27. The number of amides is 1. The van der Waals surface area contributed by atoms with Gasteiger partial charge in [0.15, 0.2) is 0 Å². The molecule has 1 aliphatic rings. The van der Waals surface area contributed by atoms with Gasteiger partial charge in [-0.05, 0) is 37.5 Å². The number of rotatable bonds is 6. The van der Waals surface area contributed by atoms with Crippen LogP contribution in [0.3, 0.4) is 0 Å². The molecule has 0 unspecified atom stereocenters.